The van der Waals surface area contributed by atoms with Crippen molar-refractivity contribution < 1.29 is 14.3 Å². The Bertz CT molecular complexity index is 667. The van der Waals surface area contributed by atoms with Crippen LogP contribution in [0.3, 0.4) is 0 Å². The summed E-state index contributed by atoms with van der Waals surface area (Å²) in [7, 11) is 0. The van der Waals surface area contributed by atoms with Gasteiger partial charge in [0.2, 0.25) is 0 Å². The van der Waals surface area contributed by atoms with Crippen LogP contribution < -0.4 is 14.8 Å². The van der Waals surface area contributed by atoms with Crippen LogP contribution in [-0.4, -0.2) is 19.1 Å². The Morgan fingerprint density at radius 1 is 0.846 bits per heavy atom. The molecule has 140 valence electrons. The van der Waals surface area contributed by atoms with Crippen molar-refractivity contribution in [1.29, 1.82) is 0 Å². The van der Waals surface area contributed by atoms with Crippen LogP contribution in [0.15, 0.2) is 48.5 Å². The van der Waals surface area contributed by atoms with Gasteiger partial charge < -0.3 is 14.8 Å². The van der Waals surface area contributed by atoms with Crippen LogP contribution in [0.5, 0.6) is 11.5 Å². The number of benzene rings is 2. The monoisotopic (exact) mass is 355 g/mol. The third-order valence-electron chi connectivity index (χ3n) is 3.97. The molecule has 0 heterocycles. The molecule has 2 aromatic carbocycles. The van der Waals surface area contributed by atoms with E-state index in [9.17, 15) is 4.79 Å². The van der Waals surface area contributed by atoms with E-state index >= 15 is 0 Å². The molecule has 0 saturated heterocycles. The lowest BCUT2D eigenvalue weighted by Crippen LogP contribution is -2.14. The molecule has 2 aromatic rings. The van der Waals surface area contributed by atoms with E-state index < -0.39 is 0 Å². The SMILES string of the molecule is CCCCCCOc1ccccc1C(=O)Nc1ccc(OCCC)cc1. The molecular weight excluding hydrogens is 326 g/mol. The molecule has 0 fully saturated rings. The minimum atomic E-state index is -0.170. The summed E-state index contributed by atoms with van der Waals surface area (Å²) in [4.78, 5) is 12.6. The van der Waals surface area contributed by atoms with E-state index in [4.69, 9.17) is 9.47 Å². The van der Waals surface area contributed by atoms with Gasteiger partial charge in [-0.25, -0.2) is 0 Å². The number of hydrogen-bond donors (Lipinski definition) is 1. The van der Waals surface area contributed by atoms with Gasteiger partial charge in [-0.2, -0.15) is 0 Å². The molecule has 0 aliphatic heterocycles. The molecule has 1 amide bonds. The Labute approximate surface area is 156 Å². The zero-order valence-corrected chi connectivity index (χ0v) is 15.8. The van der Waals surface area contributed by atoms with Gasteiger partial charge in [0, 0.05) is 5.69 Å². The standard InChI is InChI=1S/C22H29NO3/c1-3-5-6-9-17-26-21-11-8-7-10-20(21)22(24)23-18-12-14-19(15-13-18)25-16-4-2/h7-8,10-15H,3-6,9,16-17H2,1-2H3,(H,23,24). The Balaban J connectivity index is 1.94. The first-order chi connectivity index (χ1) is 12.7. The second kappa shape index (κ2) is 11.2. The highest BCUT2D eigenvalue weighted by Crippen LogP contribution is 2.21. The molecule has 1 N–H and O–H groups in total. The van der Waals surface area contributed by atoms with Crippen molar-refractivity contribution >= 4 is 11.6 Å². The second-order valence-corrected chi connectivity index (χ2v) is 6.23. The molecule has 4 heteroatoms. The van der Waals surface area contributed by atoms with Gasteiger partial charge in [-0.05, 0) is 49.2 Å². The van der Waals surface area contributed by atoms with Crippen LogP contribution in [0.2, 0.25) is 0 Å². The predicted molar refractivity (Wildman–Crippen MR) is 106 cm³/mol. The Kier molecular flexibility index (Phi) is 8.53. The van der Waals surface area contributed by atoms with Crippen molar-refractivity contribution in [2.75, 3.05) is 18.5 Å². The van der Waals surface area contributed by atoms with E-state index in [2.05, 4.69) is 19.2 Å². The minimum absolute atomic E-state index is 0.170. The van der Waals surface area contributed by atoms with Crippen LogP contribution in [0.25, 0.3) is 0 Å². The lowest BCUT2D eigenvalue weighted by atomic mass is 10.1. The maximum absolute atomic E-state index is 12.6. The Morgan fingerprint density at radius 3 is 2.35 bits per heavy atom. The van der Waals surface area contributed by atoms with Gasteiger partial charge in [-0.1, -0.05) is 45.2 Å². The molecule has 0 radical (unpaired) electrons. The highest BCUT2D eigenvalue weighted by molar-refractivity contribution is 6.06. The summed E-state index contributed by atoms with van der Waals surface area (Å²) in [6, 6.07) is 14.8. The lowest BCUT2D eigenvalue weighted by molar-refractivity contribution is 0.102. The molecule has 2 rings (SSSR count). The fourth-order valence-corrected chi connectivity index (χ4v) is 2.54. The van der Waals surface area contributed by atoms with Gasteiger partial charge in [-0.3, -0.25) is 4.79 Å². The van der Waals surface area contributed by atoms with Crippen molar-refractivity contribution in [2.45, 2.75) is 46.0 Å². The maximum Gasteiger partial charge on any atom is 0.259 e. The second-order valence-electron chi connectivity index (χ2n) is 6.23. The fraction of sp³-hybridized carbons (Fsp3) is 0.409. The van der Waals surface area contributed by atoms with Gasteiger partial charge in [-0.15, -0.1) is 0 Å². The van der Waals surface area contributed by atoms with Crippen molar-refractivity contribution in [3.05, 3.63) is 54.1 Å². The number of rotatable bonds is 11. The van der Waals surface area contributed by atoms with Crippen LogP contribution in [0.1, 0.15) is 56.3 Å². The number of unbranched alkanes of at least 4 members (excludes halogenated alkanes) is 3. The molecule has 0 unspecified atom stereocenters. The fourth-order valence-electron chi connectivity index (χ4n) is 2.54. The number of amides is 1. The average molecular weight is 355 g/mol. The number of nitrogens with one attached hydrogen (secondary N) is 1. The van der Waals surface area contributed by atoms with Crippen LogP contribution >= 0.6 is 0 Å². The van der Waals surface area contributed by atoms with Gasteiger partial charge in [0.05, 0.1) is 18.8 Å². The summed E-state index contributed by atoms with van der Waals surface area (Å²) in [5, 5.41) is 2.92. The average Bonchev–Trinajstić information content (AvgIpc) is 2.67. The summed E-state index contributed by atoms with van der Waals surface area (Å²) >= 11 is 0. The molecule has 0 aliphatic rings. The molecule has 0 atom stereocenters. The molecule has 0 aromatic heterocycles. The molecule has 0 saturated carbocycles. The van der Waals surface area contributed by atoms with E-state index in [1.807, 2.05) is 42.5 Å². The molecule has 0 bridgehead atoms. The highest BCUT2D eigenvalue weighted by atomic mass is 16.5. The van der Waals surface area contributed by atoms with Crippen molar-refractivity contribution in [1.82, 2.24) is 0 Å². The van der Waals surface area contributed by atoms with E-state index in [-0.39, 0.29) is 5.91 Å². The van der Waals surface area contributed by atoms with Crippen LogP contribution in [-0.2, 0) is 0 Å². The Hall–Kier alpha value is -2.49. The van der Waals surface area contributed by atoms with E-state index in [0.717, 1.165) is 30.7 Å². The third kappa shape index (κ3) is 6.43. The molecule has 26 heavy (non-hydrogen) atoms. The normalized spacial score (nSPS) is 10.4. The van der Waals surface area contributed by atoms with Crippen LogP contribution in [0, 0.1) is 0 Å². The number of carbonyl (C=O) groups is 1. The summed E-state index contributed by atoms with van der Waals surface area (Å²) in [6.45, 7) is 5.57. The topological polar surface area (TPSA) is 47.6 Å². The van der Waals surface area contributed by atoms with E-state index in [1.165, 1.54) is 12.8 Å². The molecule has 0 spiro atoms. The zero-order chi connectivity index (χ0) is 18.6. The number of carbonyl (C=O) groups excluding carboxylic acids is 1. The van der Waals surface area contributed by atoms with Crippen molar-refractivity contribution in [2.24, 2.45) is 0 Å². The van der Waals surface area contributed by atoms with Gasteiger partial charge >= 0.3 is 0 Å². The first-order valence-corrected chi connectivity index (χ1v) is 9.50. The number of ether oxygens (including phenoxy) is 2. The molecule has 4 nitrogen and oxygen atoms in total. The number of anilines is 1. The number of hydrogen-bond acceptors (Lipinski definition) is 3. The summed E-state index contributed by atoms with van der Waals surface area (Å²) in [5.74, 6) is 1.27. The first kappa shape index (κ1) is 19.8. The van der Waals surface area contributed by atoms with Gasteiger partial charge in [0.25, 0.3) is 5.91 Å². The molecular formula is C22H29NO3. The lowest BCUT2D eigenvalue weighted by Gasteiger charge is -2.12. The minimum Gasteiger partial charge on any atom is -0.494 e. The summed E-state index contributed by atoms with van der Waals surface area (Å²) in [6.07, 6.45) is 5.53. The van der Waals surface area contributed by atoms with E-state index in [1.54, 1.807) is 6.07 Å². The largest absolute Gasteiger partial charge is 0.494 e. The Morgan fingerprint density at radius 2 is 1.62 bits per heavy atom. The van der Waals surface area contributed by atoms with Crippen molar-refractivity contribution in [3.63, 3.8) is 0 Å². The number of para-hydroxylation sites is 1. The highest BCUT2D eigenvalue weighted by Gasteiger charge is 2.12. The molecule has 0 aliphatic carbocycles. The maximum atomic E-state index is 12.6. The van der Waals surface area contributed by atoms with E-state index in [0.29, 0.717) is 24.5 Å². The third-order valence-corrected chi connectivity index (χ3v) is 3.97. The van der Waals surface area contributed by atoms with Crippen LogP contribution in [0.4, 0.5) is 5.69 Å². The van der Waals surface area contributed by atoms with Crippen molar-refractivity contribution in [3.8, 4) is 11.5 Å². The zero-order valence-electron chi connectivity index (χ0n) is 15.8. The van der Waals surface area contributed by atoms with Gasteiger partial charge in [0.15, 0.2) is 0 Å². The quantitative estimate of drug-likeness (QED) is 0.527. The summed E-state index contributed by atoms with van der Waals surface area (Å²) < 4.78 is 11.4. The first-order valence-electron chi connectivity index (χ1n) is 9.50. The summed E-state index contributed by atoms with van der Waals surface area (Å²) in [5.41, 5.74) is 1.28. The predicted octanol–water partition coefficient (Wildman–Crippen LogP) is 5.69. The van der Waals surface area contributed by atoms with Gasteiger partial charge in [0.1, 0.15) is 11.5 Å². The smallest absolute Gasteiger partial charge is 0.259 e.